The van der Waals surface area contributed by atoms with Crippen LogP contribution in [0.4, 0.5) is 0 Å². The Morgan fingerprint density at radius 3 is 2.24 bits per heavy atom. The van der Waals surface area contributed by atoms with Crippen molar-refractivity contribution in [3.05, 3.63) is 12.2 Å². The van der Waals surface area contributed by atoms with E-state index in [1.54, 1.807) is 0 Å². The van der Waals surface area contributed by atoms with E-state index in [1.807, 2.05) is 0 Å². The van der Waals surface area contributed by atoms with Gasteiger partial charge in [-0.15, -0.1) is 0 Å². The average molecular weight is 367 g/mol. The maximum Gasteiger partial charge on any atom is 0.349 e. The third-order valence-electron chi connectivity index (χ3n) is 5.91. The Balaban J connectivity index is 1.79. The van der Waals surface area contributed by atoms with Crippen LogP contribution in [0.1, 0.15) is 67.2 Å². The molecule has 0 bridgehead atoms. The molecule has 0 aromatic heterocycles. The SMILES string of the molecule is CC(C)(C)[Si]1(C(C)(C)C)OC[C@H]2O[C@H](C3CCCCC3=O)C=C[C@H]2O1. The number of ketones is 1. The lowest BCUT2D eigenvalue weighted by Crippen LogP contribution is -2.65. The van der Waals surface area contributed by atoms with Crippen molar-refractivity contribution in [2.24, 2.45) is 5.92 Å². The maximum atomic E-state index is 12.3. The van der Waals surface area contributed by atoms with Gasteiger partial charge in [0.2, 0.25) is 0 Å². The van der Waals surface area contributed by atoms with E-state index in [9.17, 15) is 4.79 Å². The molecule has 2 fully saturated rings. The van der Waals surface area contributed by atoms with Crippen LogP contribution in [0.2, 0.25) is 10.1 Å². The Bertz CT molecular complexity index is 529. The van der Waals surface area contributed by atoms with Gasteiger partial charge in [-0.2, -0.15) is 0 Å². The fourth-order valence-electron chi connectivity index (χ4n) is 4.84. The summed E-state index contributed by atoms with van der Waals surface area (Å²) in [5.41, 5.74) is 0. The second kappa shape index (κ2) is 6.59. The van der Waals surface area contributed by atoms with Crippen LogP contribution in [0, 0.1) is 5.92 Å². The largest absolute Gasteiger partial charge is 0.391 e. The third-order valence-corrected chi connectivity index (χ3v) is 11.0. The minimum Gasteiger partial charge on any atom is -0.391 e. The van der Waals surface area contributed by atoms with E-state index in [4.69, 9.17) is 13.6 Å². The van der Waals surface area contributed by atoms with Crippen molar-refractivity contribution in [1.82, 2.24) is 0 Å². The van der Waals surface area contributed by atoms with Crippen LogP contribution in [0.25, 0.3) is 0 Å². The Morgan fingerprint density at radius 1 is 1.00 bits per heavy atom. The molecule has 1 unspecified atom stereocenters. The van der Waals surface area contributed by atoms with Gasteiger partial charge in [-0.05, 0) is 12.8 Å². The molecular formula is C20H34O4Si. The van der Waals surface area contributed by atoms with Crippen molar-refractivity contribution in [2.75, 3.05) is 6.61 Å². The third kappa shape index (κ3) is 3.41. The van der Waals surface area contributed by atoms with Gasteiger partial charge in [0.05, 0.1) is 18.8 Å². The topological polar surface area (TPSA) is 44.8 Å². The molecule has 0 radical (unpaired) electrons. The molecule has 0 aromatic rings. The van der Waals surface area contributed by atoms with Crippen molar-refractivity contribution in [3.8, 4) is 0 Å². The first kappa shape index (κ1) is 19.3. The molecule has 2 aliphatic heterocycles. The maximum absolute atomic E-state index is 12.3. The number of hydrogen-bond donors (Lipinski definition) is 0. The number of hydrogen-bond acceptors (Lipinski definition) is 4. The molecule has 1 saturated carbocycles. The lowest BCUT2D eigenvalue weighted by Gasteiger charge is -2.55. The van der Waals surface area contributed by atoms with Gasteiger partial charge in [0.25, 0.3) is 0 Å². The first-order valence-corrected chi connectivity index (χ1v) is 11.6. The van der Waals surface area contributed by atoms with Crippen LogP contribution >= 0.6 is 0 Å². The highest BCUT2D eigenvalue weighted by molar-refractivity contribution is 6.73. The second-order valence-electron chi connectivity index (χ2n) is 9.85. The summed E-state index contributed by atoms with van der Waals surface area (Å²) in [5.74, 6) is 0.366. The van der Waals surface area contributed by atoms with Crippen molar-refractivity contribution < 1.29 is 18.4 Å². The van der Waals surface area contributed by atoms with E-state index < -0.39 is 8.56 Å². The van der Waals surface area contributed by atoms with E-state index >= 15 is 0 Å². The molecule has 1 aliphatic carbocycles. The molecule has 142 valence electrons. The van der Waals surface area contributed by atoms with E-state index in [0.29, 0.717) is 18.8 Å². The molecule has 5 heteroatoms. The highest BCUT2D eigenvalue weighted by Gasteiger charge is 2.62. The second-order valence-corrected chi connectivity index (χ2v) is 14.6. The van der Waals surface area contributed by atoms with Gasteiger partial charge in [0.15, 0.2) is 0 Å². The lowest BCUT2D eigenvalue weighted by molar-refractivity contribution is -0.145. The number of carbonyl (C=O) groups excluding carboxylic acids is 1. The van der Waals surface area contributed by atoms with Crippen LogP contribution in [0.3, 0.4) is 0 Å². The van der Waals surface area contributed by atoms with Crippen LogP contribution in [0.5, 0.6) is 0 Å². The Labute approximate surface area is 153 Å². The van der Waals surface area contributed by atoms with Gasteiger partial charge in [-0.25, -0.2) is 0 Å². The first-order chi connectivity index (χ1) is 11.6. The Hall–Kier alpha value is -0.493. The quantitative estimate of drug-likeness (QED) is 0.505. The first-order valence-electron chi connectivity index (χ1n) is 9.73. The van der Waals surface area contributed by atoms with Gasteiger partial charge in [0.1, 0.15) is 11.9 Å². The molecule has 25 heavy (non-hydrogen) atoms. The number of rotatable bonds is 1. The van der Waals surface area contributed by atoms with E-state index in [-0.39, 0.29) is 34.3 Å². The molecular weight excluding hydrogens is 332 g/mol. The summed E-state index contributed by atoms with van der Waals surface area (Å²) >= 11 is 0. The zero-order chi connectivity index (χ0) is 18.5. The van der Waals surface area contributed by atoms with E-state index in [2.05, 4.69) is 53.7 Å². The summed E-state index contributed by atoms with van der Waals surface area (Å²) in [5, 5.41) is -0.0551. The summed E-state index contributed by atoms with van der Waals surface area (Å²) in [6.45, 7) is 13.9. The van der Waals surface area contributed by atoms with Crippen molar-refractivity contribution in [3.63, 3.8) is 0 Å². The summed E-state index contributed by atoms with van der Waals surface area (Å²) < 4.78 is 19.5. The molecule has 3 rings (SSSR count). The van der Waals surface area contributed by atoms with Crippen molar-refractivity contribution >= 4 is 14.3 Å². The Morgan fingerprint density at radius 2 is 1.64 bits per heavy atom. The molecule has 1 saturated heterocycles. The molecule has 0 amide bonds. The summed E-state index contributed by atoms with van der Waals surface area (Å²) in [4.78, 5) is 12.3. The number of Topliss-reactive ketones (excluding diaryl/α,β-unsaturated/α-hetero) is 1. The molecule has 0 aromatic carbocycles. The van der Waals surface area contributed by atoms with Gasteiger partial charge in [-0.1, -0.05) is 60.1 Å². The zero-order valence-electron chi connectivity index (χ0n) is 16.6. The van der Waals surface area contributed by atoms with Gasteiger partial charge in [0, 0.05) is 22.4 Å². The van der Waals surface area contributed by atoms with Crippen LogP contribution in [-0.2, 0) is 18.4 Å². The predicted molar refractivity (Wildman–Crippen MR) is 101 cm³/mol. The number of carbonyl (C=O) groups is 1. The van der Waals surface area contributed by atoms with Crippen molar-refractivity contribution in [1.29, 1.82) is 0 Å². The fourth-order valence-corrected chi connectivity index (χ4v) is 9.74. The smallest absolute Gasteiger partial charge is 0.349 e. The number of ether oxygens (including phenoxy) is 1. The summed E-state index contributed by atoms with van der Waals surface area (Å²) in [6, 6.07) is 0. The minimum atomic E-state index is -2.47. The summed E-state index contributed by atoms with van der Waals surface area (Å²) in [7, 11) is -2.47. The molecule has 3 aliphatic rings. The molecule has 0 spiro atoms. The highest BCUT2D eigenvalue weighted by atomic mass is 28.4. The van der Waals surface area contributed by atoms with Crippen LogP contribution in [0.15, 0.2) is 12.2 Å². The Kier molecular flexibility index (Phi) is 5.08. The lowest BCUT2D eigenvalue weighted by atomic mass is 9.83. The van der Waals surface area contributed by atoms with Gasteiger partial charge in [-0.3, -0.25) is 4.79 Å². The predicted octanol–water partition coefficient (Wildman–Crippen LogP) is 4.53. The monoisotopic (exact) mass is 366 g/mol. The van der Waals surface area contributed by atoms with E-state index in [0.717, 1.165) is 19.3 Å². The van der Waals surface area contributed by atoms with Crippen molar-refractivity contribution in [2.45, 2.75) is 95.6 Å². The molecule has 2 heterocycles. The standard InChI is InChI=1S/C20H34O4Si/c1-19(2,3)25(20(4,5)6)22-13-18-17(24-25)12-11-16(23-18)14-9-7-8-10-15(14)21/h11-12,14,16-18H,7-10,13H2,1-6H3/t14?,16-,17+,18+/m0/s1. The number of fused-ring (bicyclic) bond motifs is 1. The van der Waals surface area contributed by atoms with Gasteiger partial charge < -0.3 is 13.6 Å². The van der Waals surface area contributed by atoms with Crippen LogP contribution < -0.4 is 0 Å². The summed E-state index contributed by atoms with van der Waals surface area (Å²) in [6.07, 6.45) is 7.72. The zero-order valence-corrected chi connectivity index (χ0v) is 17.6. The average Bonchev–Trinajstić information content (AvgIpc) is 2.52. The molecule has 4 atom stereocenters. The highest BCUT2D eigenvalue weighted by Crippen LogP contribution is 2.54. The minimum absolute atomic E-state index is 0.0140. The molecule has 4 nitrogen and oxygen atoms in total. The van der Waals surface area contributed by atoms with Crippen LogP contribution in [-0.4, -0.2) is 39.3 Å². The van der Waals surface area contributed by atoms with Gasteiger partial charge >= 0.3 is 8.56 Å². The molecule has 0 N–H and O–H groups in total. The normalized spacial score (nSPS) is 36.2. The fraction of sp³-hybridized carbons (Fsp3) is 0.850. The van der Waals surface area contributed by atoms with E-state index in [1.165, 1.54) is 0 Å².